The van der Waals surface area contributed by atoms with Gasteiger partial charge in [0.1, 0.15) is 5.60 Å². The van der Waals surface area contributed by atoms with Crippen molar-refractivity contribution in [2.75, 3.05) is 6.61 Å². The van der Waals surface area contributed by atoms with Crippen molar-refractivity contribution >= 4 is 0 Å². The van der Waals surface area contributed by atoms with Crippen molar-refractivity contribution in [3.8, 4) is 23.5 Å². The largest absolute Gasteiger partial charge is 0.494 e. The van der Waals surface area contributed by atoms with Gasteiger partial charge in [-0.15, -0.1) is 0 Å². The Bertz CT molecular complexity index is 1060. The molecular formula is C20H19F3N2O4. The predicted octanol–water partition coefficient (Wildman–Crippen LogP) is 4.05. The zero-order valence-electron chi connectivity index (χ0n) is 16.0. The van der Waals surface area contributed by atoms with Gasteiger partial charge in [0.2, 0.25) is 11.8 Å². The standard InChI is InChI=1S/C20H19F3N2O4/c1-4-28-13-8-18(2)14-15(19(13,3)29-18)17(27)25(16(14)26)11-6-5-10(9-24)12(7-11)20(21,22)23/h5-7,13,26-27H,4,8H2,1-3H3/t13-,18+,19-/m1/s1. The minimum atomic E-state index is -4.76. The van der Waals surface area contributed by atoms with Crippen LogP contribution in [-0.2, 0) is 26.9 Å². The number of hydrogen-bond donors (Lipinski definition) is 2. The minimum absolute atomic E-state index is 0.111. The molecule has 29 heavy (non-hydrogen) atoms. The van der Waals surface area contributed by atoms with Crippen molar-refractivity contribution in [3.63, 3.8) is 0 Å². The van der Waals surface area contributed by atoms with Crippen LogP contribution in [0.5, 0.6) is 11.8 Å². The van der Waals surface area contributed by atoms with Gasteiger partial charge < -0.3 is 19.7 Å². The molecule has 2 N–H and O–H groups in total. The van der Waals surface area contributed by atoms with Crippen LogP contribution in [0.15, 0.2) is 18.2 Å². The summed E-state index contributed by atoms with van der Waals surface area (Å²) in [7, 11) is 0. The van der Waals surface area contributed by atoms with Gasteiger partial charge in [-0.1, -0.05) is 0 Å². The molecule has 1 fully saturated rings. The molecule has 2 aliphatic heterocycles. The van der Waals surface area contributed by atoms with Crippen molar-refractivity contribution in [1.82, 2.24) is 4.57 Å². The fourth-order valence-electron chi connectivity index (χ4n) is 4.67. The molecule has 1 aromatic carbocycles. The number of aromatic hydroxyl groups is 2. The van der Waals surface area contributed by atoms with Crippen LogP contribution in [0.3, 0.4) is 0 Å². The number of nitrogens with zero attached hydrogens (tertiary/aromatic N) is 2. The van der Waals surface area contributed by atoms with E-state index in [1.54, 1.807) is 13.8 Å². The second kappa shape index (κ2) is 5.90. The van der Waals surface area contributed by atoms with Crippen LogP contribution in [0, 0.1) is 11.3 Å². The maximum absolute atomic E-state index is 13.4. The molecule has 2 aromatic rings. The molecule has 9 heteroatoms. The van der Waals surface area contributed by atoms with E-state index < -0.39 is 40.3 Å². The summed E-state index contributed by atoms with van der Waals surface area (Å²) in [5.74, 6) is -0.803. The summed E-state index contributed by atoms with van der Waals surface area (Å²) in [6.07, 6.45) is -4.71. The Balaban J connectivity index is 1.93. The lowest BCUT2D eigenvalue weighted by Crippen LogP contribution is -2.35. The zero-order valence-corrected chi connectivity index (χ0v) is 16.0. The van der Waals surface area contributed by atoms with E-state index in [9.17, 15) is 23.4 Å². The lowest BCUT2D eigenvalue weighted by molar-refractivity contribution is -0.137. The van der Waals surface area contributed by atoms with Gasteiger partial charge >= 0.3 is 6.18 Å². The molecule has 3 heterocycles. The van der Waals surface area contributed by atoms with Crippen molar-refractivity contribution < 1.29 is 32.9 Å². The SMILES string of the molecule is CCO[C@@H]1C[C@]2(C)O[C@@]1(C)c1c2c(O)n(-c2ccc(C#N)c(C(F)(F)F)c2)c1O. The normalized spacial score (nSPS) is 27.8. The van der Waals surface area contributed by atoms with Gasteiger partial charge in [0.25, 0.3) is 0 Å². The summed E-state index contributed by atoms with van der Waals surface area (Å²) in [4.78, 5) is 0. The van der Waals surface area contributed by atoms with Crippen LogP contribution in [-0.4, -0.2) is 27.5 Å². The Kier molecular flexibility index (Phi) is 3.99. The number of hydrogen-bond acceptors (Lipinski definition) is 5. The molecule has 0 spiro atoms. The van der Waals surface area contributed by atoms with E-state index >= 15 is 0 Å². The van der Waals surface area contributed by atoms with Crippen LogP contribution in [0.4, 0.5) is 13.2 Å². The Morgan fingerprint density at radius 2 is 1.93 bits per heavy atom. The first kappa shape index (κ1) is 19.6. The molecule has 6 nitrogen and oxygen atoms in total. The molecule has 0 unspecified atom stereocenters. The number of nitriles is 1. The van der Waals surface area contributed by atoms with Crippen LogP contribution in [0.25, 0.3) is 5.69 Å². The van der Waals surface area contributed by atoms with Crippen molar-refractivity contribution in [3.05, 3.63) is 40.5 Å². The van der Waals surface area contributed by atoms with Crippen LogP contribution in [0.2, 0.25) is 0 Å². The van der Waals surface area contributed by atoms with E-state index in [1.165, 1.54) is 12.1 Å². The molecule has 0 amide bonds. The monoisotopic (exact) mass is 408 g/mol. The fourth-order valence-corrected chi connectivity index (χ4v) is 4.67. The fraction of sp³-hybridized carbons (Fsp3) is 0.450. The van der Waals surface area contributed by atoms with Gasteiger partial charge in [-0.3, -0.25) is 4.57 Å². The van der Waals surface area contributed by atoms with Gasteiger partial charge in [0.15, 0.2) is 0 Å². The zero-order chi connectivity index (χ0) is 21.4. The first-order chi connectivity index (χ1) is 13.5. The third-order valence-corrected chi connectivity index (χ3v) is 5.83. The number of fused-ring (bicyclic) bond motifs is 5. The molecule has 1 saturated heterocycles. The molecule has 3 atom stereocenters. The topological polar surface area (TPSA) is 87.6 Å². The van der Waals surface area contributed by atoms with Crippen LogP contribution in [0.1, 0.15) is 49.4 Å². The van der Waals surface area contributed by atoms with Gasteiger partial charge in [0.05, 0.1) is 45.7 Å². The van der Waals surface area contributed by atoms with E-state index in [2.05, 4.69) is 0 Å². The summed E-state index contributed by atoms with van der Waals surface area (Å²) in [5.41, 5.74) is -3.15. The first-order valence-electron chi connectivity index (χ1n) is 9.09. The van der Waals surface area contributed by atoms with Crippen LogP contribution >= 0.6 is 0 Å². The lowest BCUT2D eigenvalue weighted by atomic mass is 9.78. The van der Waals surface area contributed by atoms with E-state index in [-0.39, 0.29) is 11.8 Å². The van der Waals surface area contributed by atoms with E-state index in [4.69, 9.17) is 14.7 Å². The number of halogens is 3. The van der Waals surface area contributed by atoms with E-state index in [0.717, 1.165) is 16.7 Å². The highest BCUT2D eigenvalue weighted by atomic mass is 19.4. The Hall–Kier alpha value is -2.70. The molecule has 154 valence electrons. The number of alkyl halides is 3. The van der Waals surface area contributed by atoms with E-state index in [0.29, 0.717) is 24.2 Å². The third kappa shape index (κ3) is 2.49. The minimum Gasteiger partial charge on any atom is -0.494 e. The Morgan fingerprint density at radius 1 is 1.28 bits per heavy atom. The van der Waals surface area contributed by atoms with Crippen LogP contribution < -0.4 is 0 Å². The highest BCUT2D eigenvalue weighted by Gasteiger charge is 2.65. The first-order valence-corrected chi connectivity index (χ1v) is 9.09. The smallest absolute Gasteiger partial charge is 0.417 e. The van der Waals surface area contributed by atoms with Gasteiger partial charge in [-0.25, -0.2) is 0 Å². The van der Waals surface area contributed by atoms with Gasteiger partial charge in [-0.05, 0) is 39.0 Å². The average Bonchev–Trinajstić information content (AvgIpc) is 3.15. The molecule has 0 aliphatic carbocycles. The van der Waals surface area contributed by atoms with E-state index in [1.807, 2.05) is 6.92 Å². The molecule has 0 saturated carbocycles. The summed E-state index contributed by atoms with van der Waals surface area (Å²) in [5, 5.41) is 30.8. The number of ether oxygens (including phenoxy) is 2. The maximum Gasteiger partial charge on any atom is 0.417 e. The summed E-state index contributed by atoms with van der Waals surface area (Å²) < 4.78 is 52.9. The molecule has 2 aliphatic rings. The Morgan fingerprint density at radius 3 is 2.52 bits per heavy atom. The summed E-state index contributed by atoms with van der Waals surface area (Å²) in [6.45, 7) is 5.73. The predicted molar refractivity (Wildman–Crippen MR) is 94.6 cm³/mol. The number of benzene rings is 1. The molecule has 4 rings (SSSR count). The molecule has 0 radical (unpaired) electrons. The van der Waals surface area contributed by atoms with Crippen molar-refractivity contribution in [2.45, 2.75) is 50.7 Å². The molecular weight excluding hydrogens is 389 g/mol. The van der Waals surface area contributed by atoms with Crippen molar-refractivity contribution in [2.24, 2.45) is 0 Å². The quantitative estimate of drug-likeness (QED) is 0.800. The summed E-state index contributed by atoms with van der Waals surface area (Å²) >= 11 is 0. The second-order valence-electron chi connectivity index (χ2n) is 7.66. The Labute approximate surface area is 164 Å². The molecule has 1 aromatic heterocycles. The third-order valence-electron chi connectivity index (χ3n) is 5.83. The average molecular weight is 408 g/mol. The lowest BCUT2D eigenvalue weighted by Gasteiger charge is -2.29. The van der Waals surface area contributed by atoms with Gasteiger partial charge in [0, 0.05) is 13.0 Å². The van der Waals surface area contributed by atoms with Crippen molar-refractivity contribution in [1.29, 1.82) is 5.26 Å². The summed E-state index contributed by atoms with van der Waals surface area (Å²) in [6, 6.07) is 4.51. The number of aromatic nitrogens is 1. The van der Waals surface area contributed by atoms with Gasteiger partial charge in [-0.2, -0.15) is 18.4 Å². The second-order valence-corrected chi connectivity index (χ2v) is 7.66. The maximum atomic E-state index is 13.4. The molecule has 2 bridgehead atoms. The number of rotatable bonds is 3. The highest BCUT2D eigenvalue weighted by Crippen LogP contribution is 2.64. The highest BCUT2D eigenvalue weighted by molar-refractivity contribution is 5.62.